The molecule has 1 fully saturated rings. The van der Waals surface area contributed by atoms with Gasteiger partial charge in [-0.15, -0.1) is 23.1 Å². The lowest BCUT2D eigenvalue weighted by Crippen LogP contribution is -2.70. The smallest absolute Gasteiger partial charge is 0.352 e. The fourth-order valence-electron chi connectivity index (χ4n) is 3.30. The van der Waals surface area contributed by atoms with Gasteiger partial charge in [-0.1, -0.05) is 24.3 Å². The molecule has 1 saturated heterocycles. The van der Waals surface area contributed by atoms with E-state index in [1.807, 2.05) is 19.1 Å². The van der Waals surface area contributed by atoms with Crippen molar-refractivity contribution in [2.75, 3.05) is 12.4 Å². The number of nitrogens with one attached hydrogen (secondary N) is 1. The summed E-state index contributed by atoms with van der Waals surface area (Å²) in [6, 6.07) is 8.11. The van der Waals surface area contributed by atoms with E-state index >= 15 is 0 Å². The third kappa shape index (κ3) is 4.35. The molecule has 2 aliphatic heterocycles. The van der Waals surface area contributed by atoms with E-state index < -0.39 is 29.2 Å². The molecule has 3 heterocycles. The number of carboxylic acids is 1. The summed E-state index contributed by atoms with van der Waals surface area (Å²) >= 11 is 2.88. The molecule has 1 aromatic heterocycles. The number of aromatic nitrogens is 1. The zero-order chi connectivity index (χ0) is 22.0. The summed E-state index contributed by atoms with van der Waals surface area (Å²) in [7, 11) is 0. The number of aryl methyl sites for hydroxylation is 1. The molecule has 0 bridgehead atoms. The Labute approximate surface area is 186 Å². The van der Waals surface area contributed by atoms with Gasteiger partial charge in [0.2, 0.25) is 0 Å². The van der Waals surface area contributed by atoms with Crippen LogP contribution < -0.4 is 10.1 Å². The first kappa shape index (κ1) is 21.1. The SMILES string of the molecule is Cc1ncsc1C=CC1=C(C(=O)O)N2C(=O)C(NC(=O)COc3ccccc3)[C@@H]2SC1. The number of hydrogen-bond acceptors (Lipinski definition) is 7. The molecule has 4 rings (SSSR count). The van der Waals surface area contributed by atoms with Crippen LogP contribution in [0, 0.1) is 6.92 Å². The van der Waals surface area contributed by atoms with Gasteiger partial charge in [0, 0.05) is 10.6 Å². The number of rotatable bonds is 7. The Morgan fingerprint density at radius 2 is 2.10 bits per heavy atom. The maximum Gasteiger partial charge on any atom is 0.352 e. The number of β-lactam (4-membered cyclic amide) rings is 1. The highest BCUT2D eigenvalue weighted by Crippen LogP contribution is 2.40. The Morgan fingerprint density at radius 3 is 2.77 bits per heavy atom. The van der Waals surface area contributed by atoms with Crippen molar-refractivity contribution in [2.45, 2.75) is 18.3 Å². The fraction of sp³-hybridized carbons (Fsp3) is 0.238. The van der Waals surface area contributed by atoms with Gasteiger partial charge in [-0.2, -0.15) is 0 Å². The van der Waals surface area contributed by atoms with E-state index in [9.17, 15) is 19.5 Å². The number of carboxylic acid groups (broad SMARTS) is 1. The molecule has 2 N–H and O–H groups in total. The third-order valence-corrected chi connectivity index (χ3v) is 7.05. The number of thiazole rings is 1. The molecular formula is C21H19N3O5S2. The first-order chi connectivity index (χ1) is 15.0. The van der Waals surface area contributed by atoms with Crippen LogP contribution in [0.1, 0.15) is 10.6 Å². The summed E-state index contributed by atoms with van der Waals surface area (Å²) in [4.78, 5) is 43.2. The number of carbonyl (C=O) groups is 3. The van der Waals surface area contributed by atoms with E-state index in [2.05, 4.69) is 10.3 Å². The zero-order valence-corrected chi connectivity index (χ0v) is 18.1. The van der Waals surface area contributed by atoms with Crippen molar-refractivity contribution in [3.8, 4) is 5.75 Å². The van der Waals surface area contributed by atoms with Crippen LogP contribution in [0.25, 0.3) is 6.08 Å². The summed E-state index contributed by atoms with van der Waals surface area (Å²) in [6.45, 7) is 1.65. The average molecular weight is 458 g/mol. The van der Waals surface area contributed by atoms with Gasteiger partial charge in [0.1, 0.15) is 22.9 Å². The molecule has 2 atom stereocenters. The number of amides is 2. The van der Waals surface area contributed by atoms with Crippen molar-refractivity contribution >= 4 is 47.0 Å². The average Bonchev–Trinajstić information content (AvgIpc) is 3.19. The van der Waals surface area contributed by atoms with Crippen LogP contribution >= 0.6 is 23.1 Å². The first-order valence-corrected chi connectivity index (χ1v) is 11.3. The second-order valence-corrected chi connectivity index (χ2v) is 8.86. The molecule has 0 spiro atoms. The monoisotopic (exact) mass is 457 g/mol. The molecular weight excluding hydrogens is 438 g/mol. The number of fused-ring (bicyclic) bond motifs is 1. The summed E-state index contributed by atoms with van der Waals surface area (Å²) in [5.74, 6) is -1.08. The summed E-state index contributed by atoms with van der Waals surface area (Å²) in [5.41, 5.74) is 3.09. The van der Waals surface area contributed by atoms with E-state index in [4.69, 9.17) is 4.74 Å². The number of ether oxygens (including phenoxy) is 1. The van der Waals surface area contributed by atoms with Crippen LogP contribution in [-0.2, 0) is 14.4 Å². The molecule has 8 nitrogen and oxygen atoms in total. The van der Waals surface area contributed by atoms with Crippen LogP contribution in [-0.4, -0.2) is 56.5 Å². The van der Waals surface area contributed by atoms with Gasteiger partial charge in [0.15, 0.2) is 6.61 Å². The number of carbonyl (C=O) groups excluding carboxylic acids is 2. The first-order valence-electron chi connectivity index (χ1n) is 9.42. The summed E-state index contributed by atoms with van der Waals surface area (Å²) < 4.78 is 5.40. The van der Waals surface area contributed by atoms with E-state index in [-0.39, 0.29) is 12.3 Å². The highest BCUT2D eigenvalue weighted by atomic mass is 32.2. The van der Waals surface area contributed by atoms with Gasteiger partial charge in [-0.05, 0) is 30.7 Å². The number of allylic oxidation sites excluding steroid dienone is 1. The Bertz CT molecular complexity index is 1080. The fourth-order valence-corrected chi connectivity index (χ4v) is 5.31. The van der Waals surface area contributed by atoms with E-state index in [1.165, 1.54) is 28.0 Å². The van der Waals surface area contributed by atoms with Gasteiger partial charge in [0.25, 0.3) is 11.8 Å². The lowest BCUT2D eigenvalue weighted by molar-refractivity contribution is -0.150. The molecule has 2 aromatic rings. The Balaban J connectivity index is 1.43. The Morgan fingerprint density at radius 1 is 1.32 bits per heavy atom. The molecule has 0 radical (unpaired) electrons. The highest BCUT2D eigenvalue weighted by molar-refractivity contribution is 8.00. The summed E-state index contributed by atoms with van der Waals surface area (Å²) in [6.07, 6.45) is 3.54. The topological polar surface area (TPSA) is 109 Å². The van der Waals surface area contributed by atoms with Gasteiger partial charge < -0.3 is 15.2 Å². The van der Waals surface area contributed by atoms with Crippen LogP contribution in [0.15, 0.2) is 53.2 Å². The van der Waals surface area contributed by atoms with Gasteiger partial charge in [-0.3, -0.25) is 14.5 Å². The number of thioether (sulfide) groups is 1. The molecule has 0 aliphatic carbocycles. The van der Waals surface area contributed by atoms with Gasteiger partial charge in [-0.25, -0.2) is 9.78 Å². The van der Waals surface area contributed by atoms with Crippen molar-refractivity contribution in [1.82, 2.24) is 15.2 Å². The van der Waals surface area contributed by atoms with E-state index in [1.54, 1.807) is 35.9 Å². The minimum Gasteiger partial charge on any atom is -0.484 e. The minimum atomic E-state index is -1.17. The number of para-hydroxylation sites is 1. The van der Waals surface area contributed by atoms with E-state index in [0.29, 0.717) is 17.1 Å². The summed E-state index contributed by atoms with van der Waals surface area (Å²) in [5, 5.41) is 11.9. The molecule has 31 heavy (non-hydrogen) atoms. The minimum absolute atomic E-state index is 0.0433. The molecule has 2 amide bonds. The quantitative estimate of drug-likeness (QED) is 0.614. The molecule has 160 valence electrons. The molecule has 1 unspecified atom stereocenters. The molecule has 0 saturated carbocycles. The molecule has 10 heteroatoms. The maximum absolute atomic E-state index is 12.7. The second-order valence-electron chi connectivity index (χ2n) is 6.87. The maximum atomic E-state index is 12.7. The van der Waals surface area contributed by atoms with Crippen LogP contribution in [0.3, 0.4) is 0 Å². The molecule has 2 aliphatic rings. The Kier molecular flexibility index (Phi) is 6.10. The van der Waals surface area contributed by atoms with Crippen LogP contribution in [0.2, 0.25) is 0 Å². The van der Waals surface area contributed by atoms with Crippen molar-refractivity contribution in [1.29, 1.82) is 0 Å². The number of benzene rings is 1. The van der Waals surface area contributed by atoms with Crippen molar-refractivity contribution in [3.63, 3.8) is 0 Å². The van der Waals surface area contributed by atoms with Crippen molar-refractivity contribution < 1.29 is 24.2 Å². The van der Waals surface area contributed by atoms with Crippen LogP contribution in [0.4, 0.5) is 0 Å². The van der Waals surface area contributed by atoms with E-state index in [0.717, 1.165) is 10.6 Å². The lowest BCUT2D eigenvalue weighted by atomic mass is 10.0. The number of aliphatic carboxylic acids is 1. The largest absolute Gasteiger partial charge is 0.484 e. The predicted octanol–water partition coefficient (Wildman–Crippen LogP) is 2.28. The van der Waals surface area contributed by atoms with Crippen molar-refractivity contribution in [3.05, 3.63) is 63.8 Å². The Hall–Kier alpha value is -3.11. The lowest BCUT2D eigenvalue weighted by Gasteiger charge is -2.49. The van der Waals surface area contributed by atoms with Gasteiger partial charge in [0.05, 0.1) is 11.2 Å². The number of nitrogens with zero attached hydrogens (tertiary/aromatic N) is 2. The van der Waals surface area contributed by atoms with Crippen LogP contribution in [0.5, 0.6) is 5.75 Å². The zero-order valence-electron chi connectivity index (χ0n) is 16.5. The van der Waals surface area contributed by atoms with Gasteiger partial charge >= 0.3 is 5.97 Å². The second kappa shape index (κ2) is 8.94. The van der Waals surface area contributed by atoms with Crippen molar-refractivity contribution in [2.24, 2.45) is 0 Å². The highest BCUT2D eigenvalue weighted by Gasteiger charge is 2.53. The number of hydrogen-bond donors (Lipinski definition) is 2. The standard InChI is InChI=1S/C21H19N3O5S2/c1-12-15(31-11-22-12)8-7-13-10-30-20-17(19(26)24(20)18(13)21(27)28)23-16(25)9-29-14-5-3-2-4-6-14/h2-8,11,17,20H,9-10H2,1H3,(H,23,25)(H,27,28)/t17?,20-/m0/s1. The molecule has 1 aromatic carbocycles. The normalized spacial score (nSPS) is 20.4. The predicted molar refractivity (Wildman–Crippen MR) is 118 cm³/mol. The third-order valence-electron chi connectivity index (χ3n) is 4.85.